The third kappa shape index (κ3) is 10.6. The number of aliphatic hydroxyl groups is 1. The second-order valence-corrected chi connectivity index (χ2v) is 13.4. The quantitative estimate of drug-likeness (QED) is 0.101. The van der Waals surface area contributed by atoms with Crippen LogP contribution in [0.3, 0.4) is 0 Å². The van der Waals surface area contributed by atoms with E-state index in [1.165, 1.54) is 5.56 Å². The number of aliphatic hydroxyl groups excluding tert-OH is 1. The van der Waals surface area contributed by atoms with Crippen LogP contribution < -0.4 is 10.8 Å². The number of carbonyl (C=O) groups excluding carboxylic acids is 2. The maximum atomic E-state index is 12.2. The molecule has 0 radical (unpaired) electrons. The number of ether oxygens (including phenoxy) is 2. The van der Waals surface area contributed by atoms with E-state index in [2.05, 4.69) is 75.8 Å². The Kier molecular flexibility index (Phi) is 13.0. The van der Waals surface area contributed by atoms with E-state index < -0.39 is 12.2 Å². The fraction of sp³-hybridized carbons (Fsp3) is 0.366. The maximum Gasteiger partial charge on any atom is 0.243 e. The van der Waals surface area contributed by atoms with Gasteiger partial charge in [0.05, 0.1) is 18.8 Å². The smallest absolute Gasteiger partial charge is 0.243 e. The lowest BCUT2D eigenvalue weighted by Gasteiger charge is -2.40. The number of nitrogens with one attached hydrogen (secondary N) is 2. The van der Waals surface area contributed by atoms with Gasteiger partial charge >= 0.3 is 0 Å². The molecule has 2 heterocycles. The minimum atomic E-state index is -0.523. The van der Waals surface area contributed by atoms with Gasteiger partial charge in [0.25, 0.3) is 0 Å². The summed E-state index contributed by atoms with van der Waals surface area (Å²) in [6.45, 7) is 6.23. The number of carbonyl (C=O) groups is 2. The largest absolute Gasteiger partial charge is 0.392 e. The average Bonchev–Trinajstić information content (AvgIpc) is 3.18. The van der Waals surface area contributed by atoms with Gasteiger partial charge in [-0.2, -0.15) is 0 Å². The Labute approximate surface area is 300 Å². The molecule has 0 aliphatic carbocycles. The number of hydrogen-bond acceptors (Lipinski definition) is 8. The normalized spacial score (nSPS) is 19.8. The molecule has 0 aromatic heterocycles. The van der Waals surface area contributed by atoms with Gasteiger partial charge < -0.3 is 19.9 Å². The predicted molar refractivity (Wildman–Crippen MR) is 194 cm³/mol. The number of amides is 2. The first-order valence-electron chi connectivity index (χ1n) is 17.8. The minimum Gasteiger partial charge on any atom is -0.392 e. The Hall–Kier alpha value is -4.42. The van der Waals surface area contributed by atoms with Gasteiger partial charge in [0.15, 0.2) is 6.29 Å². The molecule has 0 bridgehead atoms. The molecule has 4 aromatic carbocycles. The van der Waals surface area contributed by atoms with Crippen LogP contribution in [0.15, 0.2) is 103 Å². The summed E-state index contributed by atoms with van der Waals surface area (Å²) in [5.41, 5.74) is 8.87. The molecule has 2 fully saturated rings. The van der Waals surface area contributed by atoms with E-state index in [9.17, 15) is 14.7 Å². The van der Waals surface area contributed by atoms with E-state index in [-0.39, 0.29) is 37.6 Å². The van der Waals surface area contributed by atoms with E-state index in [0.29, 0.717) is 13.0 Å². The van der Waals surface area contributed by atoms with Crippen molar-refractivity contribution >= 4 is 11.8 Å². The number of benzene rings is 4. The SMILES string of the molecule is O=C(CCCC(=O)NCc1cccc(-c2ccc([C@@H]3O[C@H](CN4CCN(Cc5ccccc5)CC4)C[C@H](c4ccc(CO)cc4)O3)cc2)c1)NO. The van der Waals surface area contributed by atoms with Gasteiger partial charge in [-0.05, 0) is 45.9 Å². The topological polar surface area (TPSA) is 124 Å². The molecule has 10 nitrogen and oxygen atoms in total. The van der Waals surface area contributed by atoms with Crippen LogP contribution in [-0.4, -0.2) is 70.8 Å². The third-order valence-corrected chi connectivity index (χ3v) is 9.66. The summed E-state index contributed by atoms with van der Waals surface area (Å²) in [4.78, 5) is 28.4. The Balaban J connectivity index is 1.08. The molecule has 6 rings (SSSR count). The van der Waals surface area contributed by atoms with Crippen LogP contribution in [0.2, 0.25) is 0 Å². The highest BCUT2D eigenvalue weighted by molar-refractivity contribution is 5.78. The summed E-state index contributed by atoms with van der Waals surface area (Å²) >= 11 is 0. The van der Waals surface area contributed by atoms with Crippen molar-refractivity contribution in [2.45, 2.75) is 63.9 Å². The van der Waals surface area contributed by atoms with Crippen molar-refractivity contribution in [2.75, 3.05) is 32.7 Å². The van der Waals surface area contributed by atoms with Crippen molar-refractivity contribution in [1.82, 2.24) is 20.6 Å². The summed E-state index contributed by atoms with van der Waals surface area (Å²) in [5.74, 6) is -0.644. The van der Waals surface area contributed by atoms with Gasteiger partial charge in [-0.1, -0.05) is 97.1 Å². The molecule has 4 aromatic rings. The van der Waals surface area contributed by atoms with Gasteiger partial charge in [-0.3, -0.25) is 24.6 Å². The summed E-state index contributed by atoms with van der Waals surface area (Å²) in [7, 11) is 0. The Morgan fingerprint density at radius 2 is 1.39 bits per heavy atom. The van der Waals surface area contributed by atoms with E-state index in [4.69, 9.17) is 14.7 Å². The average molecular weight is 693 g/mol. The van der Waals surface area contributed by atoms with E-state index >= 15 is 0 Å². The summed E-state index contributed by atoms with van der Waals surface area (Å²) in [5, 5.41) is 21.1. The number of nitrogens with zero attached hydrogens (tertiary/aromatic N) is 2. The van der Waals surface area contributed by atoms with Gasteiger partial charge in [-0.25, -0.2) is 5.48 Å². The molecular weight excluding hydrogens is 644 g/mol. The number of piperazine rings is 1. The summed E-state index contributed by atoms with van der Waals surface area (Å²) in [6, 6.07) is 35.0. The molecular formula is C41H48N4O6. The molecule has 2 amide bonds. The van der Waals surface area contributed by atoms with Gasteiger partial charge in [0, 0.05) is 70.6 Å². The van der Waals surface area contributed by atoms with Gasteiger partial charge in [-0.15, -0.1) is 0 Å². The van der Waals surface area contributed by atoms with Crippen LogP contribution in [0.5, 0.6) is 0 Å². The fourth-order valence-electron chi connectivity index (χ4n) is 6.74. The molecule has 51 heavy (non-hydrogen) atoms. The Morgan fingerprint density at radius 3 is 2.12 bits per heavy atom. The monoisotopic (exact) mass is 692 g/mol. The Morgan fingerprint density at radius 1 is 0.706 bits per heavy atom. The highest BCUT2D eigenvalue weighted by Crippen LogP contribution is 2.39. The zero-order valence-corrected chi connectivity index (χ0v) is 29.0. The van der Waals surface area contributed by atoms with Crippen molar-refractivity contribution in [1.29, 1.82) is 0 Å². The lowest BCUT2D eigenvalue weighted by Crippen LogP contribution is -2.49. The predicted octanol–water partition coefficient (Wildman–Crippen LogP) is 5.50. The first kappa shape index (κ1) is 36.4. The van der Waals surface area contributed by atoms with Crippen LogP contribution in [0.25, 0.3) is 11.1 Å². The first-order chi connectivity index (χ1) is 24.9. The zero-order valence-electron chi connectivity index (χ0n) is 29.0. The van der Waals surface area contributed by atoms with Crippen molar-refractivity contribution in [3.05, 3.63) is 131 Å². The fourth-order valence-corrected chi connectivity index (χ4v) is 6.74. The molecule has 3 atom stereocenters. The molecule has 2 saturated heterocycles. The molecule has 268 valence electrons. The van der Waals surface area contributed by atoms with Crippen molar-refractivity contribution in [2.24, 2.45) is 0 Å². The maximum absolute atomic E-state index is 12.2. The highest BCUT2D eigenvalue weighted by atomic mass is 16.7. The van der Waals surface area contributed by atoms with E-state index in [0.717, 1.165) is 79.1 Å². The van der Waals surface area contributed by atoms with Crippen LogP contribution in [0.1, 0.15) is 65.9 Å². The second kappa shape index (κ2) is 18.2. The van der Waals surface area contributed by atoms with Gasteiger partial charge in [0.2, 0.25) is 11.8 Å². The van der Waals surface area contributed by atoms with E-state index in [1.807, 2.05) is 42.5 Å². The van der Waals surface area contributed by atoms with Crippen molar-refractivity contribution < 1.29 is 29.4 Å². The zero-order chi connectivity index (χ0) is 35.4. The van der Waals surface area contributed by atoms with Gasteiger partial charge in [0.1, 0.15) is 0 Å². The highest BCUT2D eigenvalue weighted by Gasteiger charge is 2.34. The molecule has 0 unspecified atom stereocenters. The molecule has 0 saturated carbocycles. The van der Waals surface area contributed by atoms with Crippen molar-refractivity contribution in [3.63, 3.8) is 0 Å². The lowest BCUT2D eigenvalue weighted by atomic mass is 9.98. The first-order valence-corrected chi connectivity index (χ1v) is 17.8. The van der Waals surface area contributed by atoms with Crippen LogP contribution >= 0.6 is 0 Å². The molecule has 2 aliphatic rings. The molecule has 2 aliphatic heterocycles. The third-order valence-electron chi connectivity index (χ3n) is 9.66. The second-order valence-electron chi connectivity index (χ2n) is 13.4. The molecule has 4 N–H and O–H groups in total. The van der Waals surface area contributed by atoms with Crippen LogP contribution in [0.4, 0.5) is 0 Å². The minimum absolute atomic E-state index is 0.00764. The molecule has 0 spiro atoms. The Bertz CT molecular complexity index is 1690. The number of hydroxylamine groups is 1. The van der Waals surface area contributed by atoms with Crippen LogP contribution in [0, 0.1) is 0 Å². The lowest BCUT2D eigenvalue weighted by molar-refractivity contribution is -0.253. The van der Waals surface area contributed by atoms with E-state index in [1.54, 1.807) is 5.48 Å². The summed E-state index contributed by atoms with van der Waals surface area (Å²) in [6.07, 6.45) is 0.745. The number of rotatable bonds is 14. The summed E-state index contributed by atoms with van der Waals surface area (Å²) < 4.78 is 13.3. The van der Waals surface area contributed by atoms with Crippen molar-refractivity contribution in [3.8, 4) is 11.1 Å². The number of hydrogen-bond donors (Lipinski definition) is 4. The molecule has 10 heteroatoms. The standard InChI is InChI=1S/C41H48N4O6/c46-29-31-12-14-34(15-13-31)38-25-37(28-45-22-20-44(21-23-45)27-30-6-2-1-3-7-30)50-41(51-38)35-18-16-33(17-19-35)36-9-4-8-32(24-36)26-42-39(47)10-5-11-40(48)43-49/h1-4,6-9,12-19,24,37-38,41,46,49H,5,10-11,20-23,25-29H2,(H,42,47)(H,43,48)/t37-,38+,41+/m0/s1. The van der Waals surface area contributed by atoms with Crippen LogP contribution in [-0.2, 0) is 38.8 Å².